The Morgan fingerprint density at radius 1 is 0.980 bits per heavy atom. The van der Waals surface area contributed by atoms with Crippen molar-refractivity contribution in [3.8, 4) is 0 Å². The van der Waals surface area contributed by atoms with E-state index in [2.05, 4.69) is 50.8 Å². The largest absolute Gasteiger partial charge is 0.417 e. The van der Waals surface area contributed by atoms with Gasteiger partial charge in [0.15, 0.2) is 8.24 Å². The molecule has 0 atom stereocenters. The summed E-state index contributed by atoms with van der Waals surface area (Å²) in [5.41, 5.74) is 1.16. The third-order valence-corrected chi connectivity index (χ3v) is 17.9. The summed E-state index contributed by atoms with van der Waals surface area (Å²) in [5, 5.41) is -0.0702. The van der Waals surface area contributed by atoms with Crippen LogP contribution in [0.3, 0.4) is 0 Å². The minimum Gasteiger partial charge on any atom is -0.380 e. The zero-order chi connectivity index (χ0) is 36.6. The lowest BCUT2D eigenvalue weighted by Crippen LogP contribution is -2.51. The molecule has 0 amide bonds. The lowest BCUT2D eigenvalue weighted by atomic mass is 9.99. The van der Waals surface area contributed by atoms with E-state index in [0.29, 0.717) is 44.9 Å². The van der Waals surface area contributed by atoms with Crippen LogP contribution in [0.4, 0.5) is 18.9 Å². The van der Waals surface area contributed by atoms with Crippen LogP contribution in [0.2, 0.25) is 21.6 Å². The number of anilines is 1. The number of carbonyl (C=O) groups is 1. The molecule has 0 spiro atoms. The number of carbonyl (C=O) groups excluding carboxylic acids is 1. The number of pyridine rings is 2. The van der Waals surface area contributed by atoms with E-state index in [0.717, 1.165) is 16.4 Å². The number of benzene rings is 1. The monoisotopic (exact) mass is 738 g/mol. The molecule has 0 aliphatic rings. The fraction of sp³-hybridized carbons (Fsp3) is 0.441. The zero-order valence-corrected chi connectivity index (χ0v) is 31.6. The van der Waals surface area contributed by atoms with Crippen LogP contribution < -0.4 is 4.31 Å². The third-order valence-electron chi connectivity index (χ3n) is 9.12. The lowest BCUT2D eigenvalue weighted by molar-refractivity contribution is -0.137. The van der Waals surface area contributed by atoms with E-state index in [-0.39, 0.29) is 23.6 Å². The van der Waals surface area contributed by atoms with Crippen molar-refractivity contribution in [2.45, 2.75) is 82.8 Å². The molecule has 0 saturated heterocycles. The first-order valence-corrected chi connectivity index (χ1v) is 19.7. The Morgan fingerprint density at radius 2 is 1.61 bits per heavy atom. The van der Waals surface area contributed by atoms with Crippen LogP contribution in [0.5, 0.6) is 0 Å². The Hall–Kier alpha value is -3.30. The van der Waals surface area contributed by atoms with Crippen molar-refractivity contribution >= 4 is 52.4 Å². The minimum absolute atomic E-state index is 0.0161. The van der Waals surface area contributed by atoms with Crippen LogP contribution in [0.25, 0.3) is 11.0 Å². The van der Waals surface area contributed by atoms with Gasteiger partial charge in [-0.1, -0.05) is 53.1 Å². The smallest absolute Gasteiger partial charge is 0.380 e. The summed E-state index contributed by atoms with van der Waals surface area (Å²) in [5.74, 6) is -0.587. The number of ether oxygens (including phenoxy) is 2. The molecule has 0 saturated carbocycles. The zero-order valence-electron chi connectivity index (χ0n) is 29.0. The van der Waals surface area contributed by atoms with Gasteiger partial charge in [0, 0.05) is 37.6 Å². The SMILES string of the molecule is COCc1cnc(C(=O)c2c(C)cnc3c2ccn3[Si](C(C)C)(C(C)C)C(C)C)c(N(COC)S(=O)(=O)c2ccc(Cl)c(C(F)(F)F)c2)c1. The number of hydrogen-bond acceptors (Lipinski definition) is 7. The van der Waals surface area contributed by atoms with Gasteiger partial charge >= 0.3 is 6.18 Å². The molecular formula is C34H42ClF3N4O5SSi. The normalized spacial score (nSPS) is 12.9. The van der Waals surface area contributed by atoms with Gasteiger partial charge in [0.25, 0.3) is 10.0 Å². The molecule has 15 heteroatoms. The predicted octanol–water partition coefficient (Wildman–Crippen LogP) is 8.61. The summed E-state index contributed by atoms with van der Waals surface area (Å²) in [6.07, 6.45) is 0.102. The second kappa shape index (κ2) is 14.5. The molecule has 1 aromatic carbocycles. The van der Waals surface area contributed by atoms with Gasteiger partial charge in [-0.15, -0.1) is 0 Å². The Bertz CT molecular complexity index is 1940. The summed E-state index contributed by atoms with van der Waals surface area (Å²) in [4.78, 5) is 23.2. The molecule has 0 aliphatic carbocycles. The number of ketones is 1. The maximum absolute atomic E-state index is 14.7. The number of aryl methyl sites for hydroxylation is 1. The number of aromatic nitrogens is 3. The molecular weight excluding hydrogens is 697 g/mol. The van der Waals surface area contributed by atoms with Gasteiger partial charge in [0.1, 0.15) is 18.1 Å². The Labute approximate surface area is 291 Å². The number of halogens is 4. The average Bonchev–Trinajstić information content (AvgIpc) is 3.42. The standard InChI is InChI=1S/C34H42ClF3N4O5SSi/c1-20(2)49(21(3)4,22(5)6)42-13-12-26-30(23(7)16-40-33(26)42)32(43)31-29(14-24(17-39-31)18-46-8)41(19-47-9)48(44,45)25-10-11-28(35)27(15-25)34(36,37)38/h10-17,20-22H,18-19H2,1-9H3. The van der Waals surface area contributed by atoms with Crippen LogP contribution in [0.1, 0.15) is 74.3 Å². The maximum Gasteiger partial charge on any atom is 0.417 e. The number of sulfonamides is 1. The highest BCUT2D eigenvalue weighted by Gasteiger charge is 2.46. The van der Waals surface area contributed by atoms with Crippen molar-refractivity contribution in [1.82, 2.24) is 14.2 Å². The molecule has 0 aliphatic heterocycles. The molecule has 3 heterocycles. The van der Waals surface area contributed by atoms with Crippen LogP contribution in [0, 0.1) is 6.92 Å². The van der Waals surface area contributed by atoms with Gasteiger partial charge < -0.3 is 13.7 Å². The van der Waals surface area contributed by atoms with E-state index in [1.165, 1.54) is 26.5 Å². The topological polar surface area (TPSA) is 104 Å². The fourth-order valence-electron chi connectivity index (χ4n) is 7.25. The summed E-state index contributed by atoms with van der Waals surface area (Å²) in [6.45, 7) is 14.4. The highest BCUT2D eigenvalue weighted by molar-refractivity contribution is 7.92. The van der Waals surface area contributed by atoms with Crippen molar-refractivity contribution in [1.29, 1.82) is 0 Å². The average molecular weight is 739 g/mol. The Balaban J connectivity index is 2.00. The highest BCUT2D eigenvalue weighted by Crippen LogP contribution is 2.45. The lowest BCUT2D eigenvalue weighted by Gasteiger charge is -2.44. The molecule has 0 radical (unpaired) electrons. The molecule has 9 nitrogen and oxygen atoms in total. The van der Waals surface area contributed by atoms with Crippen LogP contribution in [-0.2, 0) is 32.3 Å². The van der Waals surface area contributed by atoms with Gasteiger partial charge in [0.2, 0.25) is 5.78 Å². The molecule has 3 aromatic heterocycles. The van der Waals surface area contributed by atoms with E-state index in [9.17, 15) is 26.4 Å². The van der Waals surface area contributed by atoms with E-state index in [1.807, 2.05) is 12.3 Å². The van der Waals surface area contributed by atoms with Crippen molar-refractivity contribution in [3.05, 3.63) is 81.9 Å². The van der Waals surface area contributed by atoms with Crippen molar-refractivity contribution < 1.29 is 35.9 Å². The number of methoxy groups -OCH3 is 2. The summed E-state index contributed by atoms with van der Waals surface area (Å²) in [7, 11) is -4.40. The Morgan fingerprint density at radius 3 is 2.16 bits per heavy atom. The summed E-state index contributed by atoms with van der Waals surface area (Å²) < 4.78 is 83.1. The van der Waals surface area contributed by atoms with Crippen molar-refractivity contribution in [2.24, 2.45) is 0 Å². The highest BCUT2D eigenvalue weighted by atomic mass is 35.5. The van der Waals surface area contributed by atoms with E-state index in [1.54, 1.807) is 13.1 Å². The molecule has 0 fully saturated rings. The molecule has 266 valence electrons. The molecule has 49 heavy (non-hydrogen) atoms. The first-order chi connectivity index (χ1) is 22.8. The molecule has 0 bridgehead atoms. The van der Waals surface area contributed by atoms with Gasteiger partial charge in [-0.2, -0.15) is 13.2 Å². The van der Waals surface area contributed by atoms with Gasteiger partial charge in [-0.3, -0.25) is 9.78 Å². The molecule has 4 aromatic rings. The first kappa shape index (κ1) is 38.5. The fourth-order valence-corrected chi connectivity index (χ4v) is 15.4. The summed E-state index contributed by atoms with van der Waals surface area (Å²) >= 11 is 5.80. The van der Waals surface area contributed by atoms with E-state index < -0.39 is 52.4 Å². The van der Waals surface area contributed by atoms with E-state index >= 15 is 0 Å². The van der Waals surface area contributed by atoms with Gasteiger partial charge in [-0.05, 0) is 71.2 Å². The number of nitrogens with zero attached hydrogens (tertiary/aromatic N) is 4. The molecule has 4 rings (SSSR count). The van der Waals surface area contributed by atoms with Crippen molar-refractivity contribution in [2.75, 3.05) is 25.3 Å². The number of rotatable bonds is 13. The van der Waals surface area contributed by atoms with Crippen molar-refractivity contribution in [3.63, 3.8) is 0 Å². The Kier molecular flexibility index (Phi) is 11.4. The number of fused-ring (bicyclic) bond motifs is 1. The first-order valence-electron chi connectivity index (χ1n) is 15.7. The van der Waals surface area contributed by atoms with Crippen LogP contribution >= 0.6 is 11.6 Å². The third kappa shape index (κ3) is 6.90. The number of hydrogen-bond donors (Lipinski definition) is 0. The van der Waals surface area contributed by atoms with Gasteiger partial charge in [-0.25, -0.2) is 17.7 Å². The minimum atomic E-state index is -4.92. The van der Waals surface area contributed by atoms with Crippen LogP contribution in [0.15, 0.2) is 53.8 Å². The van der Waals surface area contributed by atoms with Crippen LogP contribution in [-0.4, -0.2) is 57.6 Å². The van der Waals surface area contributed by atoms with E-state index in [4.69, 9.17) is 26.1 Å². The second-order valence-electron chi connectivity index (χ2n) is 13.0. The molecule has 0 N–H and O–H groups in total. The predicted molar refractivity (Wildman–Crippen MR) is 187 cm³/mol. The number of alkyl halides is 3. The maximum atomic E-state index is 14.7. The second-order valence-corrected chi connectivity index (χ2v) is 21.0. The van der Waals surface area contributed by atoms with Gasteiger partial charge in [0.05, 0.1) is 27.8 Å². The summed E-state index contributed by atoms with van der Waals surface area (Å²) in [6, 6.07) is 5.57. The molecule has 0 unspecified atom stereocenters. The quantitative estimate of drug-likeness (QED) is 0.0769.